The smallest absolute Gasteiger partial charge is 0.155 e. The zero-order chi connectivity index (χ0) is 26.4. The van der Waals surface area contributed by atoms with E-state index in [9.17, 15) is 5.26 Å². The fraction of sp³-hybridized carbons (Fsp3) is 0.0286. The standard InChI is InChI=1S/C35H19N3O2/c36-20-21-10-9-19-37-34(21)38-27-16-6-8-18-29(27)40-33-31(38)30-24-13-3-7-17-28(24)39-32(30)35(33)25-14-4-1-11-22(25)23-12-2-5-15-26(23)35/h1-19H. The van der Waals surface area contributed by atoms with Crippen molar-refractivity contribution in [2.75, 3.05) is 4.90 Å². The van der Waals surface area contributed by atoms with Crippen LogP contribution in [0.5, 0.6) is 5.75 Å². The molecular weight excluding hydrogens is 494 g/mol. The summed E-state index contributed by atoms with van der Waals surface area (Å²) in [6, 6.07) is 39.0. The van der Waals surface area contributed by atoms with Gasteiger partial charge in [0.2, 0.25) is 0 Å². The Morgan fingerprint density at radius 1 is 0.750 bits per heavy atom. The topological polar surface area (TPSA) is 62.3 Å². The van der Waals surface area contributed by atoms with Gasteiger partial charge in [0.1, 0.15) is 22.8 Å². The first kappa shape index (κ1) is 21.3. The number of anilines is 2. The lowest BCUT2D eigenvalue weighted by Crippen LogP contribution is -2.33. The normalized spacial score (nSPS) is 15.2. The molecule has 0 atom stereocenters. The van der Waals surface area contributed by atoms with Crippen LogP contribution in [0.25, 0.3) is 27.8 Å². The summed E-state index contributed by atoms with van der Waals surface area (Å²) in [6.07, 6.45) is 1.73. The molecule has 0 fully saturated rings. The molecule has 9 rings (SSSR count). The van der Waals surface area contributed by atoms with Gasteiger partial charge in [0, 0.05) is 11.6 Å². The average molecular weight is 514 g/mol. The van der Waals surface area contributed by atoms with E-state index < -0.39 is 5.41 Å². The van der Waals surface area contributed by atoms with Gasteiger partial charge in [0.05, 0.1) is 22.5 Å². The first-order valence-corrected chi connectivity index (χ1v) is 13.2. The Labute approximate surface area is 229 Å². The lowest BCUT2D eigenvalue weighted by atomic mass is 9.76. The molecule has 0 bridgehead atoms. The predicted octanol–water partition coefficient (Wildman–Crippen LogP) is 7.93. The van der Waals surface area contributed by atoms with Crippen LogP contribution < -0.4 is 9.64 Å². The maximum atomic E-state index is 10.1. The first-order chi connectivity index (χ1) is 19.8. The van der Waals surface area contributed by atoms with E-state index in [0.29, 0.717) is 17.1 Å². The van der Waals surface area contributed by atoms with Crippen LogP contribution >= 0.6 is 0 Å². The SMILES string of the molecule is N#Cc1cccnc1N1C2=C(Oc3ccccc31)C1(c3ccccc3-c3ccccc31)c1oc3ccccc3c12. The van der Waals surface area contributed by atoms with Gasteiger partial charge in [0.25, 0.3) is 0 Å². The van der Waals surface area contributed by atoms with E-state index in [1.807, 2.05) is 42.5 Å². The first-order valence-electron chi connectivity index (χ1n) is 13.2. The van der Waals surface area contributed by atoms with Gasteiger partial charge in [0.15, 0.2) is 17.3 Å². The summed E-state index contributed by atoms with van der Waals surface area (Å²) in [7, 11) is 0. The maximum Gasteiger partial charge on any atom is 0.155 e. The molecule has 0 unspecified atom stereocenters. The number of furan rings is 1. The molecule has 3 heterocycles. The summed E-state index contributed by atoms with van der Waals surface area (Å²) in [5, 5.41) is 11.1. The molecule has 6 aromatic rings. The number of nitriles is 1. The average Bonchev–Trinajstić information content (AvgIpc) is 3.63. The zero-order valence-electron chi connectivity index (χ0n) is 21.1. The zero-order valence-corrected chi connectivity index (χ0v) is 21.1. The third-order valence-electron chi connectivity index (χ3n) is 8.34. The highest BCUT2D eigenvalue weighted by Gasteiger charge is 2.60. The molecule has 1 aliphatic heterocycles. The van der Waals surface area contributed by atoms with Crippen molar-refractivity contribution in [2.24, 2.45) is 0 Å². The van der Waals surface area contributed by atoms with Crippen LogP contribution in [-0.4, -0.2) is 4.98 Å². The van der Waals surface area contributed by atoms with Crippen LogP contribution in [0.2, 0.25) is 0 Å². The van der Waals surface area contributed by atoms with E-state index in [0.717, 1.165) is 61.7 Å². The summed E-state index contributed by atoms with van der Waals surface area (Å²) in [5.74, 6) is 2.84. The Balaban J connectivity index is 1.50. The number of pyridine rings is 1. The van der Waals surface area contributed by atoms with E-state index in [1.165, 1.54) is 0 Å². The van der Waals surface area contributed by atoms with E-state index >= 15 is 0 Å². The molecule has 0 N–H and O–H groups in total. The van der Waals surface area contributed by atoms with Crippen LogP contribution in [0.1, 0.15) is 28.0 Å². The second-order valence-electron chi connectivity index (χ2n) is 10.2. The van der Waals surface area contributed by atoms with Crippen LogP contribution in [0.3, 0.4) is 0 Å². The molecule has 0 amide bonds. The number of rotatable bonds is 1. The van der Waals surface area contributed by atoms with Gasteiger partial charge in [-0.05, 0) is 52.6 Å². The Kier molecular flexibility index (Phi) is 4.00. The Morgan fingerprint density at radius 2 is 1.45 bits per heavy atom. The third-order valence-corrected chi connectivity index (χ3v) is 8.34. The number of benzene rings is 4. The molecule has 3 aliphatic rings. The molecule has 0 saturated heterocycles. The largest absolute Gasteiger partial charge is 0.459 e. The Hall–Kier alpha value is -5.60. The number of ether oxygens (including phenoxy) is 1. The molecule has 5 nitrogen and oxygen atoms in total. The van der Waals surface area contributed by atoms with E-state index in [4.69, 9.17) is 14.1 Å². The monoisotopic (exact) mass is 513 g/mol. The number of fused-ring (bicyclic) bond motifs is 12. The highest BCUT2D eigenvalue weighted by molar-refractivity contribution is 6.08. The number of aromatic nitrogens is 1. The highest BCUT2D eigenvalue weighted by atomic mass is 16.5. The second kappa shape index (κ2) is 7.49. The van der Waals surface area contributed by atoms with E-state index in [2.05, 4.69) is 65.6 Å². The van der Waals surface area contributed by atoms with Crippen molar-refractivity contribution in [3.8, 4) is 22.9 Å². The summed E-state index contributed by atoms with van der Waals surface area (Å²) >= 11 is 0. The summed E-state index contributed by atoms with van der Waals surface area (Å²) in [4.78, 5) is 6.85. The minimum absolute atomic E-state index is 0.480. The number of allylic oxidation sites excluding steroid dienone is 1. The van der Waals surface area contributed by atoms with Crippen molar-refractivity contribution in [2.45, 2.75) is 5.41 Å². The molecular formula is C35H19N3O2. The van der Waals surface area contributed by atoms with Gasteiger partial charge in [-0.15, -0.1) is 0 Å². The Bertz CT molecular complexity index is 2090. The van der Waals surface area contributed by atoms with Crippen molar-refractivity contribution in [1.29, 1.82) is 5.26 Å². The van der Waals surface area contributed by atoms with Gasteiger partial charge >= 0.3 is 0 Å². The third kappa shape index (κ3) is 2.40. The quantitative estimate of drug-likeness (QED) is 0.223. The van der Waals surface area contributed by atoms with Crippen molar-refractivity contribution < 1.29 is 9.15 Å². The number of para-hydroxylation sites is 3. The van der Waals surface area contributed by atoms with Crippen LogP contribution in [-0.2, 0) is 5.41 Å². The van der Waals surface area contributed by atoms with Gasteiger partial charge in [-0.3, -0.25) is 4.90 Å². The molecule has 2 aromatic heterocycles. The molecule has 40 heavy (non-hydrogen) atoms. The second-order valence-corrected chi connectivity index (χ2v) is 10.2. The van der Waals surface area contributed by atoms with Crippen molar-refractivity contribution in [3.63, 3.8) is 0 Å². The fourth-order valence-electron chi connectivity index (χ4n) is 6.84. The van der Waals surface area contributed by atoms with E-state index in [-0.39, 0.29) is 0 Å². The van der Waals surface area contributed by atoms with Crippen LogP contribution in [0, 0.1) is 11.3 Å². The molecule has 0 saturated carbocycles. The minimum atomic E-state index is -0.815. The van der Waals surface area contributed by atoms with Gasteiger partial charge in [-0.2, -0.15) is 5.26 Å². The number of hydrogen-bond acceptors (Lipinski definition) is 5. The summed E-state index contributed by atoms with van der Waals surface area (Å²) in [6.45, 7) is 0. The van der Waals surface area contributed by atoms with Gasteiger partial charge < -0.3 is 9.15 Å². The fourth-order valence-corrected chi connectivity index (χ4v) is 6.84. The number of hydrogen-bond donors (Lipinski definition) is 0. The summed E-state index contributed by atoms with van der Waals surface area (Å²) < 4.78 is 13.8. The minimum Gasteiger partial charge on any atom is -0.459 e. The highest BCUT2D eigenvalue weighted by Crippen LogP contribution is 2.66. The van der Waals surface area contributed by atoms with Crippen molar-refractivity contribution in [3.05, 3.63) is 149 Å². The van der Waals surface area contributed by atoms with Gasteiger partial charge in [-0.1, -0.05) is 78.9 Å². The molecule has 4 aromatic carbocycles. The van der Waals surface area contributed by atoms with Crippen molar-refractivity contribution >= 4 is 28.2 Å². The molecule has 0 radical (unpaired) electrons. The van der Waals surface area contributed by atoms with E-state index in [1.54, 1.807) is 18.3 Å². The lowest BCUT2D eigenvalue weighted by Gasteiger charge is -2.36. The van der Waals surface area contributed by atoms with Crippen molar-refractivity contribution in [1.82, 2.24) is 4.98 Å². The predicted molar refractivity (Wildman–Crippen MR) is 153 cm³/mol. The van der Waals surface area contributed by atoms with Crippen LogP contribution in [0.4, 0.5) is 11.5 Å². The summed E-state index contributed by atoms with van der Waals surface area (Å²) in [5.41, 5.74) is 7.64. The molecule has 5 heteroatoms. The Morgan fingerprint density at radius 3 is 2.25 bits per heavy atom. The lowest BCUT2D eigenvalue weighted by molar-refractivity contribution is 0.346. The molecule has 186 valence electrons. The molecule has 1 spiro atoms. The molecule has 2 aliphatic carbocycles. The number of nitrogens with zero attached hydrogens (tertiary/aromatic N) is 3. The van der Waals surface area contributed by atoms with Gasteiger partial charge in [-0.25, -0.2) is 4.98 Å². The van der Waals surface area contributed by atoms with Crippen LogP contribution in [0.15, 0.2) is 126 Å². The maximum absolute atomic E-state index is 10.1.